The van der Waals surface area contributed by atoms with E-state index < -0.39 is 15.6 Å². The molecule has 0 aromatic heterocycles. The molecule has 6 heteroatoms. The average molecular weight is 299 g/mol. The number of fused-ring (bicyclic) bond motifs is 1. The van der Waals surface area contributed by atoms with Crippen molar-refractivity contribution in [3.05, 3.63) is 23.8 Å². The molecule has 0 radical (unpaired) electrons. The van der Waals surface area contributed by atoms with E-state index >= 15 is 0 Å². The Bertz CT molecular complexity index is 595. The highest BCUT2D eigenvalue weighted by Gasteiger charge is 2.35. The minimum absolute atomic E-state index is 0.0657. The van der Waals surface area contributed by atoms with Crippen molar-refractivity contribution in [1.82, 2.24) is 4.72 Å². The Morgan fingerprint density at radius 2 is 2.15 bits per heavy atom. The summed E-state index contributed by atoms with van der Waals surface area (Å²) in [5.74, 6) is 1.43. The van der Waals surface area contributed by atoms with Crippen LogP contribution in [0, 0.1) is 0 Å². The van der Waals surface area contributed by atoms with Gasteiger partial charge in [0.25, 0.3) is 0 Å². The smallest absolute Gasteiger partial charge is 0.211 e. The van der Waals surface area contributed by atoms with Crippen LogP contribution in [0.4, 0.5) is 0 Å². The molecule has 1 aliphatic rings. The van der Waals surface area contributed by atoms with Gasteiger partial charge < -0.3 is 9.47 Å². The summed E-state index contributed by atoms with van der Waals surface area (Å²) in [6.07, 6.45) is 0.589. The third-order valence-electron chi connectivity index (χ3n) is 3.38. The Morgan fingerprint density at radius 1 is 1.45 bits per heavy atom. The maximum Gasteiger partial charge on any atom is 0.211 e. The monoisotopic (exact) mass is 299 g/mol. The number of benzene rings is 1. The molecule has 1 aromatic carbocycles. The molecular formula is C14H21NO4S. The van der Waals surface area contributed by atoms with Gasteiger partial charge in [0, 0.05) is 18.1 Å². The molecule has 0 fully saturated rings. The second-order valence-electron chi connectivity index (χ2n) is 5.54. The first-order valence-electron chi connectivity index (χ1n) is 6.63. The van der Waals surface area contributed by atoms with Crippen LogP contribution in [0.1, 0.15) is 38.8 Å². The van der Waals surface area contributed by atoms with Gasteiger partial charge in [0.2, 0.25) is 10.0 Å². The molecule has 0 amide bonds. The number of methoxy groups -OCH3 is 1. The predicted molar refractivity (Wildman–Crippen MR) is 77.7 cm³/mol. The van der Waals surface area contributed by atoms with E-state index in [-0.39, 0.29) is 11.8 Å². The standard InChI is InChI=1S/C14H21NO4S/c1-5-20(16,17)15-12-9-14(2,3)19-13-8-10(18-4)6-7-11(12)13/h6-8,12,15H,5,9H2,1-4H3. The maximum absolute atomic E-state index is 11.8. The summed E-state index contributed by atoms with van der Waals surface area (Å²) in [6.45, 7) is 5.52. The van der Waals surface area contributed by atoms with Gasteiger partial charge in [-0.15, -0.1) is 0 Å². The van der Waals surface area contributed by atoms with Gasteiger partial charge in [0.1, 0.15) is 17.1 Å². The zero-order valence-corrected chi connectivity index (χ0v) is 13.1. The van der Waals surface area contributed by atoms with Crippen molar-refractivity contribution in [1.29, 1.82) is 0 Å². The number of hydrogen-bond donors (Lipinski definition) is 1. The predicted octanol–water partition coefficient (Wildman–Crippen LogP) is 2.24. The number of nitrogens with one attached hydrogen (secondary N) is 1. The topological polar surface area (TPSA) is 64.6 Å². The van der Waals surface area contributed by atoms with Gasteiger partial charge in [0.05, 0.1) is 18.9 Å². The first kappa shape index (κ1) is 15.1. The summed E-state index contributed by atoms with van der Waals surface area (Å²) < 4.78 is 37.5. The van der Waals surface area contributed by atoms with Crippen LogP contribution >= 0.6 is 0 Å². The molecule has 5 nitrogen and oxygen atoms in total. The van der Waals surface area contributed by atoms with E-state index in [1.54, 1.807) is 20.1 Å². The third kappa shape index (κ3) is 3.24. The molecule has 0 bridgehead atoms. The normalized spacial score (nSPS) is 20.9. The van der Waals surface area contributed by atoms with Gasteiger partial charge in [-0.2, -0.15) is 0 Å². The maximum atomic E-state index is 11.8. The van der Waals surface area contributed by atoms with Gasteiger partial charge in [-0.1, -0.05) is 6.07 Å². The lowest BCUT2D eigenvalue weighted by molar-refractivity contribution is 0.0699. The van der Waals surface area contributed by atoms with Crippen LogP contribution in [-0.2, 0) is 10.0 Å². The molecule has 0 saturated heterocycles. The van der Waals surface area contributed by atoms with Crippen LogP contribution < -0.4 is 14.2 Å². The lowest BCUT2D eigenvalue weighted by atomic mass is 9.90. The average Bonchev–Trinajstić information content (AvgIpc) is 2.36. The van der Waals surface area contributed by atoms with Crippen molar-refractivity contribution in [2.24, 2.45) is 0 Å². The van der Waals surface area contributed by atoms with Crippen LogP contribution in [0.3, 0.4) is 0 Å². The minimum atomic E-state index is -3.26. The molecule has 1 unspecified atom stereocenters. The molecule has 1 aromatic rings. The van der Waals surface area contributed by atoms with Crippen molar-refractivity contribution in [2.75, 3.05) is 12.9 Å². The van der Waals surface area contributed by atoms with Crippen molar-refractivity contribution >= 4 is 10.0 Å². The van der Waals surface area contributed by atoms with Gasteiger partial charge >= 0.3 is 0 Å². The lowest BCUT2D eigenvalue weighted by Gasteiger charge is -2.37. The van der Waals surface area contributed by atoms with E-state index in [2.05, 4.69) is 4.72 Å². The third-order valence-corrected chi connectivity index (χ3v) is 4.78. The summed E-state index contributed by atoms with van der Waals surface area (Å²) >= 11 is 0. The molecule has 0 spiro atoms. The first-order valence-corrected chi connectivity index (χ1v) is 8.28. The molecule has 2 rings (SSSR count). The molecule has 112 valence electrons. The fraction of sp³-hybridized carbons (Fsp3) is 0.571. The molecular weight excluding hydrogens is 278 g/mol. The first-order chi connectivity index (χ1) is 9.26. The van der Waals surface area contributed by atoms with Gasteiger partial charge in [-0.05, 0) is 26.8 Å². The summed E-state index contributed by atoms with van der Waals surface area (Å²) in [4.78, 5) is 0. The Hall–Kier alpha value is -1.27. The summed E-state index contributed by atoms with van der Waals surface area (Å²) in [5, 5.41) is 0. The number of rotatable bonds is 4. The minimum Gasteiger partial charge on any atom is -0.497 e. The molecule has 1 heterocycles. The van der Waals surface area contributed by atoms with Gasteiger partial charge in [-0.3, -0.25) is 0 Å². The van der Waals surface area contributed by atoms with Crippen LogP contribution in [0.15, 0.2) is 18.2 Å². The van der Waals surface area contributed by atoms with E-state index in [0.717, 1.165) is 5.56 Å². The summed E-state index contributed by atoms with van der Waals surface area (Å²) in [6, 6.07) is 5.19. The highest BCUT2D eigenvalue weighted by Crippen LogP contribution is 2.41. The van der Waals surface area contributed by atoms with Gasteiger partial charge in [-0.25, -0.2) is 13.1 Å². The van der Waals surface area contributed by atoms with Crippen molar-refractivity contribution < 1.29 is 17.9 Å². The largest absolute Gasteiger partial charge is 0.497 e. The number of hydrogen-bond acceptors (Lipinski definition) is 4. The Labute approximate surface area is 120 Å². The fourth-order valence-corrected chi connectivity index (χ4v) is 3.17. The van der Waals surface area contributed by atoms with Crippen molar-refractivity contribution in [2.45, 2.75) is 38.8 Å². The van der Waals surface area contributed by atoms with Crippen LogP contribution in [-0.4, -0.2) is 26.9 Å². The quantitative estimate of drug-likeness (QED) is 0.926. The molecule has 1 N–H and O–H groups in total. The number of ether oxygens (including phenoxy) is 2. The van der Waals surface area contributed by atoms with E-state index in [1.807, 2.05) is 26.0 Å². The van der Waals surface area contributed by atoms with Gasteiger partial charge in [0.15, 0.2) is 0 Å². The second kappa shape index (κ2) is 5.26. The fourth-order valence-electron chi connectivity index (χ4n) is 2.36. The van der Waals surface area contributed by atoms with E-state index in [0.29, 0.717) is 17.9 Å². The van der Waals surface area contributed by atoms with Crippen molar-refractivity contribution in [3.8, 4) is 11.5 Å². The van der Waals surface area contributed by atoms with E-state index in [9.17, 15) is 8.42 Å². The highest BCUT2D eigenvalue weighted by molar-refractivity contribution is 7.89. The highest BCUT2D eigenvalue weighted by atomic mass is 32.2. The SMILES string of the molecule is CCS(=O)(=O)NC1CC(C)(C)Oc2cc(OC)ccc21. The lowest BCUT2D eigenvalue weighted by Crippen LogP contribution is -2.41. The Morgan fingerprint density at radius 3 is 2.75 bits per heavy atom. The Kier molecular flexibility index (Phi) is 3.97. The zero-order chi connectivity index (χ0) is 15.0. The second-order valence-corrected chi connectivity index (χ2v) is 7.59. The van der Waals surface area contributed by atoms with E-state index in [1.165, 1.54) is 0 Å². The number of sulfonamides is 1. The van der Waals surface area contributed by atoms with Crippen LogP contribution in [0.2, 0.25) is 0 Å². The summed E-state index contributed by atoms with van der Waals surface area (Å²) in [5.41, 5.74) is 0.419. The molecule has 0 aliphatic carbocycles. The van der Waals surface area contributed by atoms with Crippen LogP contribution in [0.25, 0.3) is 0 Å². The van der Waals surface area contributed by atoms with E-state index in [4.69, 9.17) is 9.47 Å². The van der Waals surface area contributed by atoms with Crippen LogP contribution in [0.5, 0.6) is 11.5 Å². The molecule has 1 atom stereocenters. The molecule has 0 saturated carbocycles. The molecule has 1 aliphatic heterocycles. The molecule has 20 heavy (non-hydrogen) atoms. The zero-order valence-electron chi connectivity index (χ0n) is 12.3. The summed E-state index contributed by atoms with van der Waals surface area (Å²) in [7, 11) is -1.67. The Balaban J connectivity index is 2.40. The van der Waals surface area contributed by atoms with Crippen molar-refractivity contribution in [3.63, 3.8) is 0 Å².